The van der Waals surface area contributed by atoms with Gasteiger partial charge in [0.1, 0.15) is 0 Å². The van der Waals surface area contributed by atoms with Crippen molar-refractivity contribution < 1.29 is 4.79 Å². The number of urea groups is 1. The molecule has 1 fully saturated rings. The third kappa shape index (κ3) is 3.43. The maximum atomic E-state index is 12.0. The van der Waals surface area contributed by atoms with E-state index in [0.717, 1.165) is 25.1 Å². The highest BCUT2D eigenvalue weighted by molar-refractivity contribution is 5.93. The van der Waals surface area contributed by atoms with Crippen molar-refractivity contribution in [1.82, 2.24) is 9.88 Å². The number of aromatic nitrogens is 1. The summed E-state index contributed by atoms with van der Waals surface area (Å²) >= 11 is 0. The molecule has 4 heteroatoms. The molecular weight excluding hydrogens is 274 g/mol. The highest BCUT2D eigenvalue weighted by Gasteiger charge is 2.17. The van der Waals surface area contributed by atoms with E-state index >= 15 is 0 Å². The van der Waals surface area contributed by atoms with Gasteiger partial charge in [-0.1, -0.05) is 26.7 Å². The van der Waals surface area contributed by atoms with Crippen LogP contribution in [-0.4, -0.2) is 16.6 Å². The van der Waals surface area contributed by atoms with Crippen molar-refractivity contribution in [3.8, 4) is 0 Å². The Kier molecular flexibility index (Phi) is 4.36. The normalized spacial score (nSPS) is 15.6. The second-order valence-electron chi connectivity index (χ2n) is 6.72. The van der Waals surface area contributed by atoms with Crippen LogP contribution in [0.1, 0.15) is 39.5 Å². The predicted molar refractivity (Wildman–Crippen MR) is 91.2 cm³/mol. The van der Waals surface area contributed by atoms with Crippen LogP contribution in [-0.2, 0) is 6.54 Å². The lowest BCUT2D eigenvalue weighted by Crippen LogP contribution is -2.36. The van der Waals surface area contributed by atoms with Crippen molar-refractivity contribution in [3.63, 3.8) is 0 Å². The van der Waals surface area contributed by atoms with Gasteiger partial charge < -0.3 is 15.2 Å². The molecule has 0 aliphatic heterocycles. The summed E-state index contributed by atoms with van der Waals surface area (Å²) in [6.45, 7) is 5.45. The lowest BCUT2D eigenvalue weighted by molar-refractivity contribution is 0.248. The molecule has 0 unspecified atom stereocenters. The average Bonchev–Trinajstić information content (AvgIpc) is 3.08. The first-order valence-corrected chi connectivity index (χ1v) is 8.28. The Labute approximate surface area is 131 Å². The summed E-state index contributed by atoms with van der Waals surface area (Å²) in [5.74, 6) is 0.616. The SMILES string of the molecule is CC(C)Cn1ccc2cc(NC(=O)NC3CCCC3)ccc21. The number of rotatable bonds is 4. The molecule has 118 valence electrons. The molecule has 0 atom stereocenters. The van der Waals surface area contributed by atoms with Gasteiger partial charge >= 0.3 is 6.03 Å². The Morgan fingerprint density at radius 2 is 2.05 bits per heavy atom. The van der Waals surface area contributed by atoms with Gasteiger partial charge in [-0.15, -0.1) is 0 Å². The zero-order chi connectivity index (χ0) is 15.5. The van der Waals surface area contributed by atoms with E-state index in [1.54, 1.807) is 0 Å². The van der Waals surface area contributed by atoms with Gasteiger partial charge in [0.15, 0.2) is 0 Å². The van der Waals surface area contributed by atoms with E-state index in [1.807, 2.05) is 12.1 Å². The molecule has 1 aromatic carbocycles. The number of nitrogens with zero attached hydrogens (tertiary/aromatic N) is 1. The van der Waals surface area contributed by atoms with Crippen molar-refractivity contribution in [2.75, 3.05) is 5.32 Å². The summed E-state index contributed by atoms with van der Waals surface area (Å²) in [7, 11) is 0. The molecule has 0 radical (unpaired) electrons. The Morgan fingerprint density at radius 3 is 2.77 bits per heavy atom. The molecule has 4 nitrogen and oxygen atoms in total. The lowest BCUT2D eigenvalue weighted by Gasteiger charge is -2.13. The van der Waals surface area contributed by atoms with Crippen LogP contribution < -0.4 is 10.6 Å². The van der Waals surface area contributed by atoms with Gasteiger partial charge in [0, 0.05) is 35.4 Å². The molecule has 22 heavy (non-hydrogen) atoms. The first-order valence-electron chi connectivity index (χ1n) is 8.28. The minimum atomic E-state index is -0.0899. The summed E-state index contributed by atoms with van der Waals surface area (Å²) in [5.41, 5.74) is 2.07. The largest absolute Gasteiger partial charge is 0.347 e. The van der Waals surface area contributed by atoms with Crippen LogP contribution in [0.25, 0.3) is 10.9 Å². The molecule has 1 heterocycles. The maximum Gasteiger partial charge on any atom is 0.319 e. The zero-order valence-electron chi connectivity index (χ0n) is 13.4. The minimum absolute atomic E-state index is 0.0899. The Balaban J connectivity index is 1.68. The number of benzene rings is 1. The lowest BCUT2D eigenvalue weighted by atomic mass is 10.2. The predicted octanol–water partition coefficient (Wildman–Crippen LogP) is 4.36. The molecular formula is C18H25N3O. The standard InChI is InChI=1S/C18H25N3O/c1-13(2)12-21-10-9-14-11-16(7-8-17(14)21)20-18(22)19-15-5-3-4-6-15/h7-11,13,15H,3-6,12H2,1-2H3,(H2,19,20,22). The van der Waals surface area contributed by atoms with E-state index in [2.05, 4.69) is 47.4 Å². The summed E-state index contributed by atoms with van der Waals surface area (Å²) in [6.07, 6.45) is 6.77. The highest BCUT2D eigenvalue weighted by atomic mass is 16.2. The molecule has 2 aromatic rings. The van der Waals surface area contributed by atoms with Crippen LogP contribution in [0.15, 0.2) is 30.5 Å². The van der Waals surface area contributed by atoms with E-state index in [0.29, 0.717) is 12.0 Å². The molecule has 1 aliphatic rings. The monoisotopic (exact) mass is 299 g/mol. The topological polar surface area (TPSA) is 46.1 Å². The number of anilines is 1. The van der Waals surface area contributed by atoms with E-state index in [9.17, 15) is 4.79 Å². The van der Waals surface area contributed by atoms with Crippen molar-refractivity contribution in [2.24, 2.45) is 5.92 Å². The zero-order valence-corrected chi connectivity index (χ0v) is 13.4. The maximum absolute atomic E-state index is 12.0. The van der Waals surface area contributed by atoms with Gasteiger partial charge in [-0.3, -0.25) is 0 Å². The van der Waals surface area contributed by atoms with Crippen LogP contribution in [0.3, 0.4) is 0 Å². The molecule has 1 aromatic heterocycles. The number of nitrogens with one attached hydrogen (secondary N) is 2. The Hall–Kier alpha value is -1.97. The van der Waals surface area contributed by atoms with Gasteiger partial charge in [0.2, 0.25) is 0 Å². The molecule has 2 N–H and O–H groups in total. The third-order valence-corrected chi connectivity index (χ3v) is 4.28. The molecule has 0 spiro atoms. The fraction of sp³-hybridized carbons (Fsp3) is 0.500. The molecule has 1 aliphatic carbocycles. The van der Waals surface area contributed by atoms with Crippen molar-refractivity contribution >= 4 is 22.6 Å². The van der Waals surface area contributed by atoms with Crippen LogP contribution in [0.2, 0.25) is 0 Å². The first kappa shape index (κ1) is 14.9. The summed E-state index contributed by atoms with van der Waals surface area (Å²) in [6, 6.07) is 8.47. The molecule has 0 saturated heterocycles. The van der Waals surface area contributed by atoms with Crippen molar-refractivity contribution in [3.05, 3.63) is 30.5 Å². The fourth-order valence-corrected chi connectivity index (χ4v) is 3.25. The van der Waals surface area contributed by atoms with Crippen molar-refractivity contribution in [2.45, 2.75) is 52.1 Å². The number of carbonyl (C=O) groups is 1. The van der Waals surface area contributed by atoms with Gasteiger partial charge in [-0.2, -0.15) is 0 Å². The van der Waals surface area contributed by atoms with E-state index in [4.69, 9.17) is 0 Å². The molecule has 2 amide bonds. The van der Waals surface area contributed by atoms with Gasteiger partial charge in [-0.05, 0) is 43.0 Å². The van der Waals surface area contributed by atoms with E-state index < -0.39 is 0 Å². The Morgan fingerprint density at radius 1 is 1.27 bits per heavy atom. The molecule has 1 saturated carbocycles. The summed E-state index contributed by atoms with van der Waals surface area (Å²) in [4.78, 5) is 12.0. The minimum Gasteiger partial charge on any atom is -0.347 e. The smallest absolute Gasteiger partial charge is 0.319 e. The third-order valence-electron chi connectivity index (χ3n) is 4.28. The summed E-state index contributed by atoms with van der Waals surface area (Å²) in [5, 5.41) is 7.17. The van der Waals surface area contributed by atoms with Crippen LogP contribution in [0.4, 0.5) is 10.5 Å². The Bertz CT molecular complexity index is 653. The number of hydrogen-bond acceptors (Lipinski definition) is 1. The first-order chi connectivity index (χ1) is 10.6. The van der Waals surface area contributed by atoms with Gasteiger partial charge in [0.05, 0.1) is 0 Å². The number of hydrogen-bond donors (Lipinski definition) is 2. The van der Waals surface area contributed by atoms with Crippen LogP contribution in [0.5, 0.6) is 0 Å². The number of carbonyl (C=O) groups excluding carboxylic acids is 1. The average molecular weight is 299 g/mol. The van der Waals surface area contributed by atoms with Gasteiger partial charge in [0.25, 0.3) is 0 Å². The van der Waals surface area contributed by atoms with Gasteiger partial charge in [-0.25, -0.2) is 4.79 Å². The highest BCUT2D eigenvalue weighted by Crippen LogP contribution is 2.22. The molecule has 3 rings (SSSR count). The second kappa shape index (κ2) is 6.42. The summed E-state index contributed by atoms with van der Waals surface area (Å²) < 4.78 is 2.27. The van der Waals surface area contributed by atoms with E-state index in [1.165, 1.54) is 23.7 Å². The second-order valence-corrected chi connectivity index (χ2v) is 6.72. The molecule has 0 bridgehead atoms. The number of amides is 2. The van der Waals surface area contributed by atoms with Crippen molar-refractivity contribution in [1.29, 1.82) is 0 Å². The van der Waals surface area contributed by atoms with Crippen LogP contribution >= 0.6 is 0 Å². The number of fused-ring (bicyclic) bond motifs is 1. The van der Waals surface area contributed by atoms with Crippen LogP contribution in [0, 0.1) is 5.92 Å². The quantitative estimate of drug-likeness (QED) is 0.865. The van der Waals surface area contributed by atoms with E-state index in [-0.39, 0.29) is 6.03 Å². The fourth-order valence-electron chi connectivity index (χ4n) is 3.25.